The summed E-state index contributed by atoms with van der Waals surface area (Å²) in [6.45, 7) is -2.07. The van der Waals surface area contributed by atoms with Gasteiger partial charge in [-0.15, -0.1) is 0 Å². The van der Waals surface area contributed by atoms with Crippen molar-refractivity contribution in [2.45, 2.75) is 44.3 Å². The number of aromatic nitrogens is 1. The molecule has 0 unspecified atom stereocenters. The van der Waals surface area contributed by atoms with Crippen LogP contribution in [0.25, 0.3) is 0 Å². The second-order valence-corrected chi connectivity index (χ2v) is 8.10. The highest BCUT2D eigenvalue weighted by molar-refractivity contribution is 5.97. The molecule has 4 atom stereocenters. The summed E-state index contributed by atoms with van der Waals surface area (Å²) in [5.74, 6) is -10.8. The second kappa shape index (κ2) is 9.44. The second-order valence-electron chi connectivity index (χ2n) is 8.10. The lowest BCUT2D eigenvalue weighted by Gasteiger charge is -2.32. The van der Waals surface area contributed by atoms with Crippen molar-refractivity contribution in [3.05, 3.63) is 58.6 Å². The van der Waals surface area contributed by atoms with Gasteiger partial charge in [0.15, 0.2) is 23.4 Å². The van der Waals surface area contributed by atoms with E-state index in [0.717, 1.165) is 31.3 Å². The fraction of sp³-hybridized carbons (Fsp3) is 0.381. The highest BCUT2D eigenvalue weighted by Gasteiger charge is 2.66. The molecule has 0 aliphatic carbocycles. The quantitative estimate of drug-likeness (QED) is 0.341. The lowest BCUT2D eigenvalue weighted by Crippen LogP contribution is -2.47. The predicted molar refractivity (Wildman–Crippen MR) is 107 cm³/mol. The number of nitrogens with one attached hydrogen (secondary N) is 1. The molecule has 1 saturated heterocycles. The molecular weight excluding hydrogens is 507 g/mol. The SMILES string of the molecule is C[C@@H]1[C@@H](c2ccc(F)c(F)c2OC(F)F)[C@@H](C(=O)Nc2cc[n+]([O-])c(C(N)=O)c2)O[C@]1(C)C(F)(F)F. The lowest BCUT2D eigenvalue weighted by molar-refractivity contribution is -0.607. The standard InChI is InChI=1S/C21H18F7N3O5/c1-8-13(10-3-4-11(22)14(23)15(10)35-19(24)25)16(36-20(8,2)21(26,27)28)18(33)30-9-5-6-31(34)12(7-9)17(29)32/h3-8,13,16,19H,1-2H3,(H2,29,32)(H,30,33)/t8-,13+,16+,20+/m1/s1. The van der Waals surface area contributed by atoms with Gasteiger partial charge < -0.3 is 25.7 Å². The van der Waals surface area contributed by atoms with Gasteiger partial charge in [0.05, 0.1) is 5.69 Å². The molecule has 2 amide bonds. The van der Waals surface area contributed by atoms with E-state index in [1.807, 2.05) is 0 Å². The van der Waals surface area contributed by atoms with Crippen molar-refractivity contribution in [2.75, 3.05) is 5.32 Å². The first kappa shape index (κ1) is 27.0. The minimum atomic E-state index is -5.08. The monoisotopic (exact) mass is 525 g/mol. The minimum Gasteiger partial charge on any atom is -0.618 e. The molecule has 0 radical (unpaired) electrons. The maximum atomic E-state index is 14.4. The number of nitrogens with two attached hydrogens (primary N) is 1. The Labute approximate surface area is 198 Å². The summed E-state index contributed by atoms with van der Waals surface area (Å²) in [7, 11) is 0. The van der Waals surface area contributed by atoms with Crippen LogP contribution in [0.5, 0.6) is 5.75 Å². The molecule has 2 aromatic rings. The zero-order chi connectivity index (χ0) is 27.2. The maximum absolute atomic E-state index is 14.4. The molecule has 3 rings (SSSR count). The molecule has 1 aliphatic heterocycles. The van der Waals surface area contributed by atoms with Crippen LogP contribution in [0.2, 0.25) is 0 Å². The average Bonchev–Trinajstić information content (AvgIpc) is 3.04. The van der Waals surface area contributed by atoms with Crippen molar-refractivity contribution in [1.82, 2.24) is 0 Å². The van der Waals surface area contributed by atoms with Gasteiger partial charge in [-0.2, -0.15) is 31.1 Å². The van der Waals surface area contributed by atoms with Gasteiger partial charge in [-0.3, -0.25) is 9.59 Å². The Kier molecular flexibility index (Phi) is 7.08. The summed E-state index contributed by atoms with van der Waals surface area (Å²) in [6.07, 6.45) is -6.38. The highest BCUT2D eigenvalue weighted by Crippen LogP contribution is 2.55. The minimum absolute atomic E-state index is 0.0743. The van der Waals surface area contributed by atoms with Gasteiger partial charge in [0.1, 0.15) is 6.10 Å². The third kappa shape index (κ3) is 4.74. The number of rotatable bonds is 6. The van der Waals surface area contributed by atoms with Crippen molar-refractivity contribution in [1.29, 1.82) is 0 Å². The van der Waals surface area contributed by atoms with E-state index in [1.165, 1.54) is 0 Å². The topological polar surface area (TPSA) is 118 Å². The maximum Gasteiger partial charge on any atom is 0.417 e. The Hall–Kier alpha value is -3.62. The Bertz CT molecular complexity index is 1190. The third-order valence-electron chi connectivity index (χ3n) is 6.01. The number of benzene rings is 1. The fourth-order valence-corrected chi connectivity index (χ4v) is 4.00. The van der Waals surface area contributed by atoms with Crippen molar-refractivity contribution in [3.8, 4) is 5.75 Å². The Morgan fingerprint density at radius 2 is 1.89 bits per heavy atom. The number of pyridine rings is 1. The van der Waals surface area contributed by atoms with E-state index >= 15 is 0 Å². The van der Waals surface area contributed by atoms with Gasteiger partial charge in [-0.1, -0.05) is 13.0 Å². The van der Waals surface area contributed by atoms with Crippen molar-refractivity contribution in [2.24, 2.45) is 11.7 Å². The van der Waals surface area contributed by atoms with Crippen LogP contribution in [0.15, 0.2) is 30.5 Å². The largest absolute Gasteiger partial charge is 0.618 e. The van der Waals surface area contributed by atoms with Crippen molar-refractivity contribution < 1.29 is 54.5 Å². The summed E-state index contributed by atoms with van der Waals surface area (Å²) in [5.41, 5.74) is 0.502. The van der Waals surface area contributed by atoms with Gasteiger partial charge in [0, 0.05) is 29.5 Å². The fourth-order valence-electron chi connectivity index (χ4n) is 4.00. The molecule has 0 spiro atoms. The molecule has 0 saturated carbocycles. The summed E-state index contributed by atoms with van der Waals surface area (Å²) >= 11 is 0. The van der Waals surface area contributed by atoms with Gasteiger partial charge in [-0.05, 0) is 13.0 Å². The number of amides is 2. The van der Waals surface area contributed by atoms with Gasteiger partial charge in [-0.25, -0.2) is 4.39 Å². The number of hydrogen-bond acceptors (Lipinski definition) is 5. The smallest absolute Gasteiger partial charge is 0.417 e. The third-order valence-corrected chi connectivity index (χ3v) is 6.01. The Balaban J connectivity index is 2.11. The predicted octanol–water partition coefficient (Wildman–Crippen LogP) is 3.38. The van der Waals surface area contributed by atoms with Gasteiger partial charge in [0.2, 0.25) is 5.82 Å². The van der Waals surface area contributed by atoms with E-state index in [0.29, 0.717) is 13.0 Å². The molecule has 1 aromatic heterocycles. The molecule has 1 aromatic carbocycles. The van der Waals surface area contributed by atoms with E-state index in [9.17, 15) is 45.5 Å². The summed E-state index contributed by atoms with van der Waals surface area (Å²) < 4.78 is 105. The Morgan fingerprint density at radius 1 is 1.25 bits per heavy atom. The van der Waals surface area contributed by atoms with E-state index < -0.39 is 76.8 Å². The first-order valence-corrected chi connectivity index (χ1v) is 10.1. The van der Waals surface area contributed by atoms with E-state index in [4.69, 9.17) is 10.5 Å². The number of halogens is 7. The lowest BCUT2D eigenvalue weighted by atomic mass is 9.77. The summed E-state index contributed by atoms with van der Waals surface area (Å²) in [6, 6.07) is 3.04. The summed E-state index contributed by atoms with van der Waals surface area (Å²) in [5, 5.41) is 13.8. The number of carbonyl (C=O) groups is 2. The zero-order valence-electron chi connectivity index (χ0n) is 18.4. The van der Waals surface area contributed by atoms with E-state index in [2.05, 4.69) is 10.1 Å². The number of primary amides is 1. The molecule has 1 fully saturated rings. The van der Waals surface area contributed by atoms with Crippen LogP contribution < -0.4 is 20.5 Å². The van der Waals surface area contributed by atoms with Crippen LogP contribution in [-0.2, 0) is 9.53 Å². The molecule has 1 aliphatic rings. The van der Waals surface area contributed by atoms with E-state index in [1.54, 1.807) is 0 Å². The number of nitrogens with zero attached hydrogens (tertiary/aromatic N) is 1. The normalized spacial score (nSPS) is 24.1. The van der Waals surface area contributed by atoms with Gasteiger partial charge in [0.25, 0.3) is 11.6 Å². The highest BCUT2D eigenvalue weighted by atomic mass is 19.4. The molecule has 36 heavy (non-hydrogen) atoms. The van der Waals surface area contributed by atoms with Crippen molar-refractivity contribution >= 4 is 17.5 Å². The molecule has 3 N–H and O–H groups in total. The zero-order valence-corrected chi connectivity index (χ0v) is 18.4. The van der Waals surface area contributed by atoms with Crippen LogP contribution in [-0.4, -0.2) is 36.3 Å². The van der Waals surface area contributed by atoms with Crippen LogP contribution in [0.4, 0.5) is 36.4 Å². The van der Waals surface area contributed by atoms with Crippen LogP contribution in [0, 0.1) is 22.8 Å². The molecular formula is C21H18F7N3O5. The van der Waals surface area contributed by atoms with Crippen molar-refractivity contribution in [3.63, 3.8) is 0 Å². The van der Waals surface area contributed by atoms with Gasteiger partial charge >= 0.3 is 18.7 Å². The van der Waals surface area contributed by atoms with Crippen LogP contribution in [0.3, 0.4) is 0 Å². The van der Waals surface area contributed by atoms with Crippen LogP contribution >= 0.6 is 0 Å². The number of carbonyl (C=O) groups excluding carboxylic acids is 2. The van der Waals surface area contributed by atoms with E-state index in [-0.39, 0.29) is 10.4 Å². The van der Waals surface area contributed by atoms with Crippen LogP contribution in [0.1, 0.15) is 35.8 Å². The average molecular weight is 525 g/mol. The first-order valence-electron chi connectivity index (χ1n) is 10.1. The summed E-state index contributed by atoms with van der Waals surface area (Å²) in [4.78, 5) is 24.4. The molecule has 15 heteroatoms. The number of alkyl halides is 5. The Morgan fingerprint density at radius 3 is 2.44 bits per heavy atom. The molecule has 2 heterocycles. The number of hydrogen-bond donors (Lipinski definition) is 2. The number of anilines is 1. The number of ether oxygens (including phenoxy) is 2. The molecule has 8 nitrogen and oxygen atoms in total. The molecule has 0 bridgehead atoms. The molecule has 196 valence electrons. The first-order chi connectivity index (χ1) is 16.6.